The summed E-state index contributed by atoms with van der Waals surface area (Å²) in [6, 6.07) is 3.09. The number of Topliss-reactive ketones (excluding diaryl/α,β-unsaturated/α-hetero) is 1. The summed E-state index contributed by atoms with van der Waals surface area (Å²) in [5, 5.41) is 8.44. The molecule has 0 bridgehead atoms. The van der Waals surface area contributed by atoms with Gasteiger partial charge < -0.3 is 10.8 Å². The summed E-state index contributed by atoms with van der Waals surface area (Å²) in [5.74, 6) is -2.84. The number of carboxylic acid groups (broad SMARTS) is 1. The van der Waals surface area contributed by atoms with Crippen molar-refractivity contribution in [1.82, 2.24) is 0 Å². The molecular formula is C9H8FNO3. The number of ketones is 1. The molecule has 0 fully saturated rings. The van der Waals surface area contributed by atoms with E-state index < -0.39 is 23.6 Å². The van der Waals surface area contributed by atoms with Gasteiger partial charge in [0.25, 0.3) is 0 Å². The number of halogens is 1. The van der Waals surface area contributed by atoms with Crippen LogP contribution in [0.4, 0.5) is 4.39 Å². The fraction of sp³-hybridized carbons (Fsp3) is 0.111. The van der Waals surface area contributed by atoms with Crippen LogP contribution in [-0.2, 0) is 4.79 Å². The fourth-order valence-electron chi connectivity index (χ4n) is 0.933. The zero-order valence-electron chi connectivity index (χ0n) is 7.11. The molecule has 0 aromatic heterocycles. The predicted molar refractivity (Wildman–Crippen MR) is 46.3 cm³/mol. The number of carbonyl (C=O) groups is 2. The Kier molecular flexibility index (Phi) is 2.93. The molecule has 0 aliphatic rings. The van der Waals surface area contributed by atoms with E-state index in [1.54, 1.807) is 0 Å². The normalized spacial score (nSPS) is 12.1. The highest BCUT2D eigenvalue weighted by Crippen LogP contribution is 2.05. The van der Waals surface area contributed by atoms with Crippen molar-refractivity contribution in [2.45, 2.75) is 6.04 Å². The number of carbonyl (C=O) groups excluding carboxylic acids is 1. The number of aliphatic carboxylic acids is 1. The van der Waals surface area contributed by atoms with E-state index in [1.807, 2.05) is 0 Å². The molecule has 74 valence electrons. The smallest absolute Gasteiger partial charge is 0.328 e. The van der Waals surface area contributed by atoms with Crippen LogP contribution in [0.1, 0.15) is 10.4 Å². The van der Waals surface area contributed by atoms with Gasteiger partial charge in [-0.25, -0.2) is 4.39 Å². The summed E-state index contributed by atoms with van der Waals surface area (Å²) in [6.07, 6.45) is 0. The third-order valence-corrected chi connectivity index (χ3v) is 1.66. The Labute approximate surface area is 79.1 Å². The zero-order valence-corrected chi connectivity index (χ0v) is 7.11. The molecule has 5 heteroatoms. The van der Waals surface area contributed by atoms with Crippen LogP contribution in [0.15, 0.2) is 24.3 Å². The van der Waals surface area contributed by atoms with E-state index in [1.165, 1.54) is 12.1 Å². The topological polar surface area (TPSA) is 80.4 Å². The first-order valence-electron chi connectivity index (χ1n) is 3.80. The summed E-state index contributed by atoms with van der Waals surface area (Å²) >= 11 is 0. The van der Waals surface area contributed by atoms with Crippen LogP contribution in [0.25, 0.3) is 0 Å². The van der Waals surface area contributed by atoms with Crippen LogP contribution in [0.5, 0.6) is 0 Å². The summed E-state index contributed by atoms with van der Waals surface area (Å²) in [7, 11) is 0. The standard InChI is InChI=1S/C9H8FNO3/c10-6-3-1-2-5(4-6)8(12)7(11)9(13)14/h1-4,7H,11H2,(H,13,14). The van der Waals surface area contributed by atoms with E-state index in [9.17, 15) is 14.0 Å². The van der Waals surface area contributed by atoms with Gasteiger partial charge in [-0.2, -0.15) is 0 Å². The van der Waals surface area contributed by atoms with Crippen LogP contribution >= 0.6 is 0 Å². The van der Waals surface area contributed by atoms with E-state index in [0.717, 1.165) is 12.1 Å². The number of nitrogens with two attached hydrogens (primary N) is 1. The third kappa shape index (κ3) is 2.14. The van der Waals surface area contributed by atoms with E-state index in [4.69, 9.17) is 10.8 Å². The lowest BCUT2D eigenvalue weighted by atomic mass is 10.1. The highest BCUT2D eigenvalue weighted by atomic mass is 19.1. The summed E-state index contributed by atoms with van der Waals surface area (Å²) in [4.78, 5) is 21.6. The molecule has 0 aliphatic heterocycles. The Balaban J connectivity index is 2.95. The molecule has 0 saturated carbocycles. The molecule has 1 rings (SSSR count). The van der Waals surface area contributed by atoms with E-state index >= 15 is 0 Å². The van der Waals surface area contributed by atoms with E-state index in [2.05, 4.69) is 0 Å². The van der Waals surface area contributed by atoms with Crippen molar-refractivity contribution < 1.29 is 19.1 Å². The number of hydrogen-bond acceptors (Lipinski definition) is 3. The molecule has 0 amide bonds. The lowest BCUT2D eigenvalue weighted by molar-refractivity contribution is -0.137. The van der Waals surface area contributed by atoms with Gasteiger partial charge in [-0.1, -0.05) is 12.1 Å². The number of benzene rings is 1. The monoisotopic (exact) mass is 197 g/mol. The molecule has 1 unspecified atom stereocenters. The largest absolute Gasteiger partial charge is 0.480 e. The van der Waals surface area contributed by atoms with Crippen molar-refractivity contribution in [3.8, 4) is 0 Å². The molecule has 1 aromatic rings. The first-order valence-corrected chi connectivity index (χ1v) is 3.80. The molecule has 0 spiro atoms. The van der Waals surface area contributed by atoms with Crippen molar-refractivity contribution in [3.63, 3.8) is 0 Å². The van der Waals surface area contributed by atoms with E-state index in [-0.39, 0.29) is 5.56 Å². The van der Waals surface area contributed by atoms with Crippen molar-refractivity contribution in [1.29, 1.82) is 0 Å². The van der Waals surface area contributed by atoms with Crippen molar-refractivity contribution in [3.05, 3.63) is 35.6 Å². The lowest BCUT2D eigenvalue weighted by Crippen LogP contribution is -2.38. The third-order valence-electron chi connectivity index (χ3n) is 1.66. The molecule has 0 heterocycles. The Morgan fingerprint density at radius 3 is 2.57 bits per heavy atom. The minimum Gasteiger partial charge on any atom is -0.480 e. The fourth-order valence-corrected chi connectivity index (χ4v) is 0.933. The van der Waals surface area contributed by atoms with Crippen molar-refractivity contribution in [2.75, 3.05) is 0 Å². The molecule has 0 saturated heterocycles. The van der Waals surface area contributed by atoms with Crippen molar-refractivity contribution in [2.24, 2.45) is 5.73 Å². The minimum absolute atomic E-state index is 0.0418. The van der Waals surface area contributed by atoms with Gasteiger partial charge >= 0.3 is 5.97 Å². The molecule has 1 aromatic carbocycles. The van der Waals surface area contributed by atoms with Crippen LogP contribution in [0.3, 0.4) is 0 Å². The molecule has 0 aliphatic carbocycles. The first-order chi connectivity index (χ1) is 6.52. The van der Waals surface area contributed by atoms with Gasteiger partial charge in [0.2, 0.25) is 0 Å². The van der Waals surface area contributed by atoms with Gasteiger partial charge in [0.05, 0.1) is 0 Å². The number of rotatable bonds is 3. The molecule has 14 heavy (non-hydrogen) atoms. The highest BCUT2D eigenvalue weighted by molar-refractivity contribution is 6.11. The molecule has 4 nitrogen and oxygen atoms in total. The second-order valence-corrected chi connectivity index (χ2v) is 2.69. The van der Waals surface area contributed by atoms with Gasteiger partial charge in [-0.15, -0.1) is 0 Å². The highest BCUT2D eigenvalue weighted by Gasteiger charge is 2.22. The number of hydrogen-bond donors (Lipinski definition) is 2. The Bertz CT molecular complexity index is 378. The first kappa shape index (κ1) is 10.3. The molecule has 3 N–H and O–H groups in total. The quantitative estimate of drug-likeness (QED) is 0.543. The maximum absolute atomic E-state index is 12.7. The molecule has 0 radical (unpaired) electrons. The predicted octanol–water partition coefficient (Wildman–Crippen LogP) is 0.420. The van der Waals surface area contributed by atoms with Gasteiger partial charge in [0.1, 0.15) is 5.82 Å². The number of carboxylic acids is 1. The molecule has 1 atom stereocenters. The lowest BCUT2D eigenvalue weighted by Gasteiger charge is -2.04. The summed E-state index contributed by atoms with van der Waals surface area (Å²) in [6.45, 7) is 0. The van der Waals surface area contributed by atoms with Crippen LogP contribution in [-0.4, -0.2) is 22.9 Å². The van der Waals surface area contributed by atoms with Gasteiger partial charge in [0, 0.05) is 5.56 Å². The average molecular weight is 197 g/mol. The molecular weight excluding hydrogens is 189 g/mol. The average Bonchev–Trinajstić information content (AvgIpc) is 2.15. The maximum atomic E-state index is 12.7. The SMILES string of the molecule is NC(C(=O)O)C(=O)c1cccc(F)c1. The second kappa shape index (κ2) is 3.97. The van der Waals surface area contributed by atoms with Gasteiger partial charge in [-0.05, 0) is 12.1 Å². The second-order valence-electron chi connectivity index (χ2n) is 2.69. The van der Waals surface area contributed by atoms with E-state index in [0.29, 0.717) is 0 Å². The van der Waals surface area contributed by atoms with Gasteiger partial charge in [-0.3, -0.25) is 9.59 Å². The Hall–Kier alpha value is -1.75. The summed E-state index contributed by atoms with van der Waals surface area (Å²) in [5.41, 5.74) is 5.03. The zero-order chi connectivity index (χ0) is 10.7. The Morgan fingerprint density at radius 1 is 1.43 bits per heavy atom. The van der Waals surface area contributed by atoms with Crippen LogP contribution < -0.4 is 5.73 Å². The van der Waals surface area contributed by atoms with Crippen molar-refractivity contribution >= 4 is 11.8 Å². The van der Waals surface area contributed by atoms with Crippen LogP contribution in [0.2, 0.25) is 0 Å². The summed E-state index contributed by atoms with van der Waals surface area (Å²) < 4.78 is 12.7. The van der Waals surface area contributed by atoms with Crippen LogP contribution in [0, 0.1) is 5.82 Å². The Morgan fingerprint density at radius 2 is 2.07 bits per heavy atom. The van der Waals surface area contributed by atoms with Gasteiger partial charge in [0.15, 0.2) is 11.8 Å². The maximum Gasteiger partial charge on any atom is 0.328 e. The minimum atomic E-state index is -1.64.